The normalized spacial score (nSPS) is 30.9. The minimum absolute atomic E-state index is 0.0457. The number of piperazine rings is 1. The van der Waals surface area contributed by atoms with Gasteiger partial charge in [0.1, 0.15) is 11.4 Å². The van der Waals surface area contributed by atoms with E-state index < -0.39 is 23.5 Å². The Balaban J connectivity index is 1.44. The average molecular weight is 387 g/mol. The van der Waals surface area contributed by atoms with Crippen LogP contribution in [0.4, 0.5) is 4.39 Å². The molecule has 1 aliphatic carbocycles. The molecule has 3 heterocycles. The van der Waals surface area contributed by atoms with Gasteiger partial charge in [0.05, 0.1) is 18.7 Å². The Labute approximate surface area is 163 Å². The molecule has 0 bridgehead atoms. The summed E-state index contributed by atoms with van der Waals surface area (Å²) in [6.45, 7) is 1.51. The summed E-state index contributed by atoms with van der Waals surface area (Å²) >= 11 is 0. The average Bonchev–Trinajstić information content (AvgIpc) is 3.29. The van der Waals surface area contributed by atoms with Gasteiger partial charge >= 0.3 is 0 Å². The highest BCUT2D eigenvalue weighted by Crippen LogP contribution is 2.43. The summed E-state index contributed by atoms with van der Waals surface area (Å²) in [6.07, 6.45) is 4.51. The second-order valence-corrected chi connectivity index (χ2v) is 8.75. The molecular weight excluding hydrogens is 361 g/mol. The van der Waals surface area contributed by atoms with E-state index in [1.54, 1.807) is 18.2 Å². The zero-order valence-corrected chi connectivity index (χ0v) is 15.9. The smallest absolute Gasteiger partial charge is 0.252 e. The fraction of sp³-hybridized carbons (Fsp3) is 0.619. The molecule has 28 heavy (non-hydrogen) atoms. The van der Waals surface area contributed by atoms with Crippen molar-refractivity contribution in [2.45, 2.75) is 62.4 Å². The van der Waals surface area contributed by atoms with Crippen LogP contribution in [0.15, 0.2) is 24.3 Å². The lowest BCUT2D eigenvalue weighted by molar-refractivity contribution is -0.183. The lowest BCUT2D eigenvalue weighted by Gasteiger charge is -2.60. The highest BCUT2D eigenvalue weighted by Gasteiger charge is 2.64. The first-order chi connectivity index (χ1) is 13.5. The summed E-state index contributed by atoms with van der Waals surface area (Å²) in [7, 11) is 0. The Hall–Kier alpha value is -1.83. The van der Waals surface area contributed by atoms with E-state index in [9.17, 15) is 19.1 Å². The van der Waals surface area contributed by atoms with E-state index in [0.717, 1.165) is 12.8 Å². The summed E-state index contributed by atoms with van der Waals surface area (Å²) < 4.78 is 14.2. The minimum Gasteiger partial charge on any atom is -0.392 e. The molecule has 6 nitrogen and oxygen atoms in total. The number of fused-ring (bicyclic) bond motifs is 2. The van der Waals surface area contributed by atoms with Crippen molar-refractivity contribution < 1.29 is 19.1 Å². The number of rotatable bonds is 3. The Kier molecular flexibility index (Phi) is 4.30. The molecule has 5 rings (SSSR count). The summed E-state index contributed by atoms with van der Waals surface area (Å²) in [6, 6.07) is 6.29. The highest BCUT2D eigenvalue weighted by molar-refractivity contribution is 6.06. The number of imide groups is 1. The van der Waals surface area contributed by atoms with Crippen molar-refractivity contribution in [3.63, 3.8) is 0 Å². The number of carbonyl (C=O) groups excluding carboxylic acids is 2. The van der Waals surface area contributed by atoms with Crippen LogP contribution in [-0.2, 0) is 16.1 Å². The third-order valence-corrected chi connectivity index (χ3v) is 7.08. The molecule has 1 saturated carbocycles. The molecule has 0 aromatic heterocycles. The van der Waals surface area contributed by atoms with Crippen LogP contribution in [0.5, 0.6) is 0 Å². The van der Waals surface area contributed by atoms with Gasteiger partial charge in [0, 0.05) is 31.2 Å². The van der Waals surface area contributed by atoms with Crippen LogP contribution in [0.3, 0.4) is 0 Å². The van der Waals surface area contributed by atoms with Gasteiger partial charge in [0.2, 0.25) is 5.91 Å². The largest absolute Gasteiger partial charge is 0.392 e. The van der Waals surface area contributed by atoms with Crippen molar-refractivity contribution in [1.82, 2.24) is 14.7 Å². The van der Waals surface area contributed by atoms with Gasteiger partial charge in [0.15, 0.2) is 0 Å². The summed E-state index contributed by atoms with van der Waals surface area (Å²) in [4.78, 5) is 32.1. The van der Waals surface area contributed by atoms with E-state index in [1.807, 2.05) is 4.90 Å². The van der Waals surface area contributed by atoms with Crippen LogP contribution in [-0.4, -0.2) is 75.0 Å². The van der Waals surface area contributed by atoms with Gasteiger partial charge in [-0.2, -0.15) is 0 Å². The Morgan fingerprint density at radius 1 is 1.14 bits per heavy atom. The maximum absolute atomic E-state index is 14.2. The predicted molar refractivity (Wildman–Crippen MR) is 99.6 cm³/mol. The molecule has 1 N–H and O–H groups in total. The van der Waals surface area contributed by atoms with Crippen molar-refractivity contribution >= 4 is 11.8 Å². The minimum atomic E-state index is -0.760. The van der Waals surface area contributed by atoms with Gasteiger partial charge in [-0.25, -0.2) is 4.39 Å². The molecule has 0 radical (unpaired) electrons. The molecule has 150 valence electrons. The number of amides is 2. The van der Waals surface area contributed by atoms with Gasteiger partial charge in [-0.15, -0.1) is 0 Å². The number of hydrogen-bond donors (Lipinski definition) is 1. The second-order valence-electron chi connectivity index (χ2n) is 8.75. The van der Waals surface area contributed by atoms with Crippen molar-refractivity contribution in [1.29, 1.82) is 0 Å². The van der Waals surface area contributed by atoms with Crippen LogP contribution in [0.1, 0.15) is 37.7 Å². The van der Waals surface area contributed by atoms with E-state index in [4.69, 9.17) is 0 Å². The van der Waals surface area contributed by atoms with Crippen molar-refractivity contribution in [3.05, 3.63) is 35.6 Å². The lowest BCUT2D eigenvalue weighted by Crippen LogP contribution is -2.82. The van der Waals surface area contributed by atoms with E-state index in [2.05, 4.69) is 4.90 Å². The topological polar surface area (TPSA) is 64.1 Å². The number of carbonyl (C=O) groups is 2. The number of aliphatic hydroxyl groups is 1. The van der Waals surface area contributed by atoms with Crippen molar-refractivity contribution in [3.8, 4) is 0 Å². The molecule has 1 spiro atoms. The molecule has 3 aliphatic heterocycles. The molecular formula is C21H26FN3O3. The van der Waals surface area contributed by atoms with Crippen LogP contribution in [0.2, 0.25) is 0 Å². The van der Waals surface area contributed by atoms with E-state index >= 15 is 0 Å². The quantitative estimate of drug-likeness (QED) is 0.788. The van der Waals surface area contributed by atoms with Crippen molar-refractivity contribution in [2.24, 2.45) is 0 Å². The summed E-state index contributed by atoms with van der Waals surface area (Å²) in [5.41, 5.74) is -0.414. The number of β-amino-alcohol motifs (C(OH)–C–C–N with tert-alkyl or cyclic N) is 1. The standard InChI is InChI=1S/C21H26FN3O3/c22-17-8-4-1-5-14(17)10-24-19(27)18-9-16(26)11-25(18)21(20(24)28)12-23(13-21)15-6-2-3-7-15/h1,4-5,8,15-16,18,26H,2-3,6-7,9-13H2. The molecule has 3 saturated heterocycles. The molecule has 2 amide bonds. The Bertz CT molecular complexity index is 804. The lowest BCUT2D eigenvalue weighted by atomic mass is 9.81. The first kappa shape index (κ1) is 18.2. The maximum atomic E-state index is 14.2. The molecule has 1 aromatic rings. The zero-order chi connectivity index (χ0) is 19.5. The number of halogens is 1. The molecule has 4 fully saturated rings. The van der Waals surface area contributed by atoms with Crippen LogP contribution < -0.4 is 0 Å². The third-order valence-electron chi connectivity index (χ3n) is 7.08. The molecule has 2 unspecified atom stereocenters. The highest BCUT2D eigenvalue weighted by atomic mass is 19.1. The van der Waals surface area contributed by atoms with Gasteiger partial charge in [-0.05, 0) is 25.3 Å². The molecule has 1 aromatic carbocycles. The Morgan fingerprint density at radius 3 is 2.57 bits per heavy atom. The number of likely N-dealkylation sites (tertiary alicyclic amines) is 1. The molecule has 7 heteroatoms. The maximum Gasteiger partial charge on any atom is 0.252 e. The fourth-order valence-corrected chi connectivity index (χ4v) is 5.59. The SMILES string of the molecule is O=C1C2CC(O)CN2C2(CN(C3CCCC3)C2)C(=O)N1Cc1ccccc1F. The summed E-state index contributed by atoms with van der Waals surface area (Å²) in [5, 5.41) is 10.2. The van der Waals surface area contributed by atoms with E-state index in [0.29, 0.717) is 37.7 Å². The van der Waals surface area contributed by atoms with Gasteiger partial charge in [0.25, 0.3) is 5.91 Å². The van der Waals surface area contributed by atoms with Crippen LogP contribution >= 0.6 is 0 Å². The van der Waals surface area contributed by atoms with Crippen molar-refractivity contribution in [2.75, 3.05) is 19.6 Å². The van der Waals surface area contributed by atoms with Crippen LogP contribution in [0.25, 0.3) is 0 Å². The predicted octanol–water partition coefficient (Wildman–Crippen LogP) is 1.13. The fourth-order valence-electron chi connectivity index (χ4n) is 5.59. The van der Waals surface area contributed by atoms with Crippen LogP contribution in [0, 0.1) is 5.82 Å². The number of aliphatic hydroxyl groups excluding tert-OH is 1. The first-order valence-corrected chi connectivity index (χ1v) is 10.3. The van der Waals surface area contributed by atoms with Gasteiger partial charge < -0.3 is 5.11 Å². The number of hydrogen-bond acceptors (Lipinski definition) is 5. The summed E-state index contributed by atoms with van der Waals surface area (Å²) in [5.74, 6) is -0.956. The molecule has 2 atom stereocenters. The van der Waals surface area contributed by atoms with Gasteiger partial charge in [-0.3, -0.25) is 24.3 Å². The first-order valence-electron chi connectivity index (χ1n) is 10.3. The number of nitrogens with zero attached hydrogens (tertiary/aromatic N) is 3. The van der Waals surface area contributed by atoms with E-state index in [-0.39, 0.29) is 18.4 Å². The monoisotopic (exact) mass is 387 g/mol. The third kappa shape index (κ3) is 2.64. The van der Waals surface area contributed by atoms with E-state index in [1.165, 1.54) is 23.8 Å². The number of benzene rings is 1. The molecule has 4 aliphatic rings. The van der Waals surface area contributed by atoms with Gasteiger partial charge in [-0.1, -0.05) is 31.0 Å². The Morgan fingerprint density at radius 2 is 1.86 bits per heavy atom. The zero-order valence-electron chi connectivity index (χ0n) is 15.9. The second kappa shape index (κ2) is 6.61.